The van der Waals surface area contributed by atoms with Crippen molar-refractivity contribution < 1.29 is 13.3 Å². The van der Waals surface area contributed by atoms with Crippen LogP contribution in [0.25, 0.3) is 0 Å². The molecule has 2 bridgehead atoms. The van der Waals surface area contributed by atoms with Gasteiger partial charge in [0.05, 0.1) is 0 Å². The van der Waals surface area contributed by atoms with Crippen molar-refractivity contribution in [2.75, 3.05) is 21.3 Å². The molecule has 1 saturated carbocycles. The first-order chi connectivity index (χ1) is 7.73. The zero-order valence-electron chi connectivity index (χ0n) is 10.4. The van der Waals surface area contributed by atoms with Gasteiger partial charge in [0.15, 0.2) is 0 Å². The third kappa shape index (κ3) is 2.25. The topological polar surface area (TPSA) is 27.7 Å². The molecule has 0 aromatic rings. The lowest BCUT2D eigenvalue weighted by atomic mass is 9.91. The third-order valence-electron chi connectivity index (χ3n) is 4.17. The summed E-state index contributed by atoms with van der Waals surface area (Å²) in [5, 5.41) is 0. The summed E-state index contributed by atoms with van der Waals surface area (Å²) in [6, 6.07) is 0.943. The summed E-state index contributed by atoms with van der Waals surface area (Å²) in [6.45, 7) is 0. The van der Waals surface area contributed by atoms with Crippen LogP contribution in [-0.2, 0) is 13.3 Å². The summed E-state index contributed by atoms with van der Waals surface area (Å²) >= 11 is 0. The van der Waals surface area contributed by atoms with Gasteiger partial charge in [-0.05, 0) is 37.0 Å². The standard InChI is InChI=1S/C12H22O3Si/c1-13-16(14-2,15-3)7-6-12-9-10-4-5-11(12)8-10/h4-5,10-12H,6-9H2,1-3H3/t10-,11?,12?/m0/s1. The summed E-state index contributed by atoms with van der Waals surface area (Å²) < 4.78 is 16.4. The SMILES string of the molecule is CO[Si](CCC1C[C@H]2C=CC1C2)(OC)OC. The van der Waals surface area contributed by atoms with Crippen molar-refractivity contribution in [2.45, 2.75) is 25.3 Å². The number of hydrogen-bond donors (Lipinski definition) is 0. The van der Waals surface area contributed by atoms with Gasteiger partial charge in [-0.2, -0.15) is 0 Å². The zero-order valence-corrected chi connectivity index (χ0v) is 11.4. The molecule has 0 spiro atoms. The van der Waals surface area contributed by atoms with Crippen molar-refractivity contribution in [1.82, 2.24) is 0 Å². The van der Waals surface area contributed by atoms with Crippen molar-refractivity contribution in [1.29, 1.82) is 0 Å². The van der Waals surface area contributed by atoms with Gasteiger partial charge in [0, 0.05) is 27.4 Å². The quantitative estimate of drug-likeness (QED) is 0.529. The Morgan fingerprint density at radius 3 is 2.19 bits per heavy atom. The van der Waals surface area contributed by atoms with E-state index in [2.05, 4.69) is 12.2 Å². The van der Waals surface area contributed by atoms with Gasteiger partial charge in [-0.1, -0.05) is 12.2 Å². The Morgan fingerprint density at radius 2 is 1.75 bits per heavy atom. The number of hydrogen-bond acceptors (Lipinski definition) is 3. The van der Waals surface area contributed by atoms with Crippen molar-refractivity contribution in [3.05, 3.63) is 12.2 Å². The molecule has 2 unspecified atom stereocenters. The molecule has 0 N–H and O–H groups in total. The Balaban J connectivity index is 1.84. The van der Waals surface area contributed by atoms with Gasteiger partial charge in [0.1, 0.15) is 0 Å². The molecule has 16 heavy (non-hydrogen) atoms. The van der Waals surface area contributed by atoms with E-state index in [-0.39, 0.29) is 0 Å². The zero-order chi connectivity index (χ0) is 11.6. The van der Waals surface area contributed by atoms with Crippen LogP contribution in [0.1, 0.15) is 19.3 Å². The second kappa shape index (κ2) is 5.00. The van der Waals surface area contributed by atoms with Crippen molar-refractivity contribution >= 4 is 8.80 Å². The Kier molecular flexibility index (Phi) is 3.84. The van der Waals surface area contributed by atoms with Gasteiger partial charge >= 0.3 is 8.80 Å². The second-order valence-corrected chi connectivity index (χ2v) is 7.97. The molecule has 0 aromatic carbocycles. The maximum atomic E-state index is 5.45. The van der Waals surface area contributed by atoms with Crippen LogP contribution >= 0.6 is 0 Å². The molecule has 92 valence electrons. The van der Waals surface area contributed by atoms with Crippen LogP contribution in [0.5, 0.6) is 0 Å². The molecule has 0 aromatic heterocycles. The van der Waals surface area contributed by atoms with Gasteiger partial charge in [-0.3, -0.25) is 0 Å². The van der Waals surface area contributed by atoms with Gasteiger partial charge < -0.3 is 13.3 Å². The van der Waals surface area contributed by atoms with E-state index < -0.39 is 8.80 Å². The lowest BCUT2D eigenvalue weighted by molar-refractivity contribution is 0.120. The number of rotatable bonds is 6. The second-order valence-electron chi connectivity index (χ2n) is 4.87. The van der Waals surface area contributed by atoms with Crippen LogP contribution in [0, 0.1) is 17.8 Å². The number of allylic oxidation sites excluding steroid dienone is 2. The van der Waals surface area contributed by atoms with E-state index in [1.165, 1.54) is 19.3 Å². The molecule has 2 rings (SSSR count). The van der Waals surface area contributed by atoms with Crippen molar-refractivity contribution in [3.8, 4) is 0 Å². The van der Waals surface area contributed by atoms with Gasteiger partial charge in [-0.15, -0.1) is 0 Å². The minimum atomic E-state index is -2.34. The maximum absolute atomic E-state index is 5.45. The van der Waals surface area contributed by atoms with Crippen molar-refractivity contribution in [3.63, 3.8) is 0 Å². The van der Waals surface area contributed by atoms with E-state index >= 15 is 0 Å². The van der Waals surface area contributed by atoms with E-state index in [0.29, 0.717) is 0 Å². The third-order valence-corrected chi connectivity index (χ3v) is 6.94. The van der Waals surface area contributed by atoms with Crippen LogP contribution in [0.3, 0.4) is 0 Å². The highest BCUT2D eigenvalue weighted by atomic mass is 28.4. The molecule has 3 atom stereocenters. The van der Waals surface area contributed by atoms with Gasteiger partial charge in [-0.25, -0.2) is 0 Å². The van der Waals surface area contributed by atoms with E-state index in [4.69, 9.17) is 13.3 Å². The first-order valence-electron chi connectivity index (χ1n) is 6.07. The molecule has 0 saturated heterocycles. The largest absolute Gasteiger partial charge is 0.500 e. The Bertz CT molecular complexity index is 255. The summed E-state index contributed by atoms with van der Waals surface area (Å²) in [5.41, 5.74) is 0. The Labute approximate surface area is 99.1 Å². The number of fused-ring (bicyclic) bond motifs is 2. The molecule has 4 heteroatoms. The predicted molar refractivity (Wildman–Crippen MR) is 65.0 cm³/mol. The van der Waals surface area contributed by atoms with E-state index in [1.807, 2.05) is 0 Å². The lowest BCUT2D eigenvalue weighted by Gasteiger charge is -2.27. The van der Waals surface area contributed by atoms with Crippen LogP contribution in [-0.4, -0.2) is 30.1 Å². The first kappa shape index (κ1) is 12.3. The first-order valence-corrected chi connectivity index (χ1v) is 8.00. The minimum Gasteiger partial charge on any atom is -0.377 e. The average molecular weight is 242 g/mol. The smallest absolute Gasteiger partial charge is 0.377 e. The lowest BCUT2D eigenvalue weighted by Crippen LogP contribution is -2.43. The molecule has 0 radical (unpaired) electrons. The maximum Gasteiger partial charge on any atom is 0.500 e. The van der Waals surface area contributed by atoms with E-state index in [0.717, 1.165) is 23.8 Å². The molecule has 3 nitrogen and oxygen atoms in total. The van der Waals surface area contributed by atoms with E-state index in [1.54, 1.807) is 21.3 Å². The normalized spacial score (nSPS) is 32.6. The van der Waals surface area contributed by atoms with E-state index in [9.17, 15) is 0 Å². The van der Waals surface area contributed by atoms with Crippen LogP contribution in [0.2, 0.25) is 6.04 Å². The monoisotopic (exact) mass is 242 g/mol. The average Bonchev–Trinajstić information content (AvgIpc) is 2.93. The molecular formula is C12H22O3Si. The van der Waals surface area contributed by atoms with Gasteiger partial charge in [0.2, 0.25) is 0 Å². The fourth-order valence-electron chi connectivity index (χ4n) is 3.14. The molecule has 2 aliphatic carbocycles. The molecular weight excluding hydrogens is 220 g/mol. The molecule has 0 aliphatic heterocycles. The Hall–Kier alpha value is -0.163. The highest BCUT2D eigenvalue weighted by Gasteiger charge is 2.41. The van der Waals surface area contributed by atoms with Crippen LogP contribution < -0.4 is 0 Å². The summed E-state index contributed by atoms with van der Waals surface area (Å²) in [4.78, 5) is 0. The summed E-state index contributed by atoms with van der Waals surface area (Å²) in [6.07, 6.45) is 8.67. The molecule has 0 amide bonds. The van der Waals surface area contributed by atoms with Crippen molar-refractivity contribution in [2.24, 2.45) is 17.8 Å². The minimum absolute atomic E-state index is 0.808. The molecule has 1 fully saturated rings. The predicted octanol–water partition coefficient (Wildman–Crippen LogP) is 2.47. The fourth-order valence-corrected chi connectivity index (χ4v) is 4.98. The van der Waals surface area contributed by atoms with Crippen LogP contribution in [0.15, 0.2) is 12.2 Å². The summed E-state index contributed by atoms with van der Waals surface area (Å²) in [7, 11) is 2.75. The fraction of sp³-hybridized carbons (Fsp3) is 0.833. The Morgan fingerprint density at radius 1 is 1.06 bits per heavy atom. The summed E-state index contributed by atoms with van der Waals surface area (Å²) in [5.74, 6) is 2.48. The highest BCUT2D eigenvalue weighted by molar-refractivity contribution is 6.60. The van der Waals surface area contributed by atoms with Gasteiger partial charge in [0.25, 0.3) is 0 Å². The molecule has 0 heterocycles. The molecule has 2 aliphatic rings. The van der Waals surface area contributed by atoms with Crippen LogP contribution in [0.4, 0.5) is 0 Å². The highest BCUT2D eigenvalue weighted by Crippen LogP contribution is 2.46.